The fourth-order valence-corrected chi connectivity index (χ4v) is 6.08. The third-order valence-electron chi connectivity index (χ3n) is 8.03. The van der Waals surface area contributed by atoms with E-state index in [2.05, 4.69) is 62.6 Å². The van der Waals surface area contributed by atoms with Gasteiger partial charge in [-0.05, 0) is 54.3 Å². The van der Waals surface area contributed by atoms with Gasteiger partial charge in [0.1, 0.15) is 11.6 Å². The van der Waals surface area contributed by atoms with Crippen molar-refractivity contribution in [1.82, 2.24) is 25.0 Å². The van der Waals surface area contributed by atoms with E-state index in [1.807, 2.05) is 29.8 Å². The van der Waals surface area contributed by atoms with Gasteiger partial charge in [0, 0.05) is 61.9 Å². The minimum Gasteiger partial charge on any atom is -0.354 e. The van der Waals surface area contributed by atoms with Crippen molar-refractivity contribution in [2.24, 2.45) is 0 Å². The zero-order valence-corrected chi connectivity index (χ0v) is 22.5. The number of H-pyrrole nitrogens is 1. The molecule has 2 aliphatic rings. The van der Waals surface area contributed by atoms with Crippen LogP contribution in [0.5, 0.6) is 0 Å². The summed E-state index contributed by atoms with van der Waals surface area (Å²) in [6.45, 7) is 7.30. The number of benzene rings is 3. The molecule has 1 fully saturated rings. The number of carbonyl (C=O) groups excluding carboxylic acids is 1. The SMILES string of the molecule is Cc1cc(N2CCN(Cc3ccc(-c4[nH]c5cc(F)cc6c5c4CCNC6=O)cc3)CC2)n(-c2ccccc2)n1. The van der Waals surface area contributed by atoms with E-state index >= 15 is 0 Å². The van der Waals surface area contributed by atoms with E-state index < -0.39 is 5.82 Å². The van der Waals surface area contributed by atoms with Gasteiger partial charge in [0.25, 0.3) is 5.91 Å². The number of carbonyl (C=O) groups is 1. The van der Waals surface area contributed by atoms with Crippen LogP contribution < -0.4 is 10.2 Å². The summed E-state index contributed by atoms with van der Waals surface area (Å²) < 4.78 is 16.3. The summed E-state index contributed by atoms with van der Waals surface area (Å²) in [6, 6.07) is 23.9. The van der Waals surface area contributed by atoms with Gasteiger partial charge >= 0.3 is 0 Å². The van der Waals surface area contributed by atoms with E-state index in [4.69, 9.17) is 5.10 Å². The molecule has 40 heavy (non-hydrogen) atoms. The maximum Gasteiger partial charge on any atom is 0.252 e. The number of para-hydroxylation sites is 1. The summed E-state index contributed by atoms with van der Waals surface area (Å²) in [5, 5.41) is 8.47. The number of nitrogens with zero attached hydrogens (tertiary/aromatic N) is 4. The minimum absolute atomic E-state index is 0.219. The Morgan fingerprint density at radius 3 is 2.50 bits per heavy atom. The van der Waals surface area contributed by atoms with Gasteiger partial charge in [-0.15, -0.1) is 0 Å². The zero-order chi connectivity index (χ0) is 27.2. The number of nitrogens with one attached hydrogen (secondary N) is 2. The number of amides is 1. The Balaban J connectivity index is 1.06. The normalized spacial score (nSPS) is 15.8. The monoisotopic (exact) mass is 534 g/mol. The molecular formula is C32H31FN6O. The third kappa shape index (κ3) is 4.44. The Hall–Kier alpha value is -4.43. The summed E-state index contributed by atoms with van der Waals surface area (Å²) in [4.78, 5) is 20.8. The number of hydrogen-bond acceptors (Lipinski definition) is 4. The molecule has 2 aromatic heterocycles. The molecule has 5 aromatic rings. The highest BCUT2D eigenvalue weighted by molar-refractivity contribution is 6.10. The fraction of sp³-hybridized carbons (Fsp3) is 0.250. The minimum atomic E-state index is -0.408. The number of aromatic nitrogens is 3. The van der Waals surface area contributed by atoms with E-state index in [1.54, 1.807) is 0 Å². The maximum absolute atomic E-state index is 14.2. The van der Waals surface area contributed by atoms with Gasteiger partial charge in [0.2, 0.25) is 0 Å². The Kier molecular flexibility index (Phi) is 6.12. The van der Waals surface area contributed by atoms with Crippen LogP contribution in [0.15, 0.2) is 72.8 Å². The van der Waals surface area contributed by atoms with Gasteiger partial charge in [-0.1, -0.05) is 42.5 Å². The van der Waals surface area contributed by atoms with E-state index in [9.17, 15) is 9.18 Å². The number of aromatic amines is 1. The first-order chi connectivity index (χ1) is 19.5. The van der Waals surface area contributed by atoms with Crippen molar-refractivity contribution in [3.05, 3.63) is 101 Å². The Bertz CT molecular complexity index is 1700. The largest absolute Gasteiger partial charge is 0.354 e. The van der Waals surface area contributed by atoms with Crippen LogP contribution in [0.4, 0.5) is 10.2 Å². The molecular weight excluding hydrogens is 503 g/mol. The first-order valence-corrected chi connectivity index (χ1v) is 13.8. The van der Waals surface area contributed by atoms with Crippen molar-refractivity contribution in [1.29, 1.82) is 0 Å². The van der Waals surface area contributed by atoms with Crippen molar-refractivity contribution in [3.63, 3.8) is 0 Å². The molecule has 0 atom stereocenters. The molecule has 7 rings (SSSR count). The quantitative estimate of drug-likeness (QED) is 0.330. The van der Waals surface area contributed by atoms with Crippen LogP contribution in [-0.4, -0.2) is 58.3 Å². The predicted octanol–water partition coefficient (Wildman–Crippen LogP) is 5.08. The van der Waals surface area contributed by atoms with Crippen molar-refractivity contribution in [3.8, 4) is 16.9 Å². The average Bonchev–Trinajstić information content (AvgIpc) is 3.49. The second-order valence-electron chi connectivity index (χ2n) is 10.7. The van der Waals surface area contributed by atoms with Crippen LogP contribution in [0.25, 0.3) is 27.8 Å². The molecule has 0 spiro atoms. The van der Waals surface area contributed by atoms with Crippen molar-refractivity contribution >= 4 is 22.6 Å². The van der Waals surface area contributed by atoms with Gasteiger partial charge in [-0.3, -0.25) is 9.69 Å². The highest BCUT2D eigenvalue weighted by atomic mass is 19.1. The molecule has 0 bridgehead atoms. The molecule has 2 aliphatic heterocycles. The van der Waals surface area contributed by atoms with Crippen molar-refractivity contribution in [2.45, 2.75) is 19.9 Å². The van der Waals surface area contributed by atoms with Crippen LogP contribution >= 0.6 is 0 Å². The predicted molar refractivity (Wildman–Crippen MR) is 156 cm³/mol. The van der Waals surface area contributed by atoms with Gasteiger partial charge in [0.15, 0.2) is 0 Å². The average molecular weight is 535 g/mol. The number of hydrogen-bond donors (Lipinski definition) is 2. The summed E-state index contributed by atoms with van der Waals surface area (Å²) in [5.74, 6) is 0.517. The highest BCUT2D eigenvalue weighted by Crippen LogP contribution is 2.35. The number of anilines is 1. The van der Waals surface area contributed by atoms with E-state index in [-0.39, 0.29) is 5.91 Å². The Labute approximate surface area is 232 Å². The van der Waals surface area contributed by atoms with Gasteiger partial charge in [-0.2, -0.15) is 5.10 Å². The molecule has 3 aromatic carbocycles. The zero-order valence-electron chi connectivity index (χ0n) is 22.5. The molecule has 7 nitrogen and oxygen atoms in total. The van der Waals surface area contributed by atoms with Crippen LogP contribution in [-0.2, 0) is 13.0 Å². The Morgan fingerprint density at radius 2 is 1.73 bits per heavy atom. The summed E-state index contributed by atoms with van der Waals surface area (Å²) in [5.41, 5.74) is 7.51. The lowest BCUT2D eigenvalue weighted by Crippen LogP contribution is -2.46. The third-order valence-corrected chi connectivity index (χ3v) is 8.03. The first-order valence-electron chi connectivity index (χ1n) is 13.8. The van der Waals surface area contributed by atoms with E-state index in [1.165, 1.54) is 17.7 Å². The van der Waals surface area contributed by atoms with Crippen LogP contribution in [0.3, 0.4) is 0 Å². The molecule has 0 saturated carbocycles. The molecule has 4 heterocycles. The second kappa shape index (κ2) is 9.95. The fourth-order valence-electron chi connectivity index (χ4n) is 6.08. The van der Waals surface area contributed by atoms with Crippen LogP contribution in [0.2, 0.25) is 0 Å². The molecule has 0 radical (unpaired) electrons. The molecule has 8 heteroatoms. The molecule has 202 valence electrons. The Morgan fingerprint density at radius 1 is 0.950 bits per heavy atom. The highest BCUT2D eigenvalue weighted by Gasteiger charge is 2.24. The number of rotatable bonds is 5. The van der Waals surface area contributed by atoms with Crippen LogP contribution in [0.1, 0.15) is 27.2 Å². The maximum atomic E-state index is 14.2. The summed E-state index contributed by atoms with van der Waals surface area (Å²) >= 11 is 0. The lowest BCUT2D eigenvalue weighted by atomic mass is 9.99. The number of halogens is 1. The van der Waals surface area contributed by atoms with Gasteiger partial charge in [-0.25, -0.2) is 9.07 Å². The lowest BCUT2D eigenvalue weighted by molar-refractivity contribution is 0.0957. The first kappa shape index (κ1) is 24.6. The van der Waals surface area contributed by atoms with Gasteiger partial charge in [0.05, 0.1) is 16.9 Å². The second-order valence-corrected chi connectivity index (χ2v) is 10.7. The van der Waals surface area contributed by atoms with Crippen molar-refractivity contribution < 1.29 is 9.18 Å². The van der Waals surface area contributed by atoms with Gasteiger partial charge < -0.3 is 15.2 Å². The number of aryl methyl sites for hydroxylation is 1. The van der Waals surface area contributed by atoms with E-state index in [0.717, 1.165) is 72.1 Å². The molecule has 1 saturated heterocycles. The summed E-state index contributed by atoms with van der Waals surface area (Å²) in [6.07, 6.45) is 0.703. The number of piperazine rings is 1. The standard InChI is InChI=1S/C32H31FN6O/c1-21-17-29(39(36-21)25-5-3-2-4-6-25)38-15-13-37(14-16-38)20-22-7-9-23(10-8-22)31-26-11-12-34-32(40)27-18-24(33)19-28(35-31)30(26)27/h2-10,17-19,35H,11-16,20H2,1H3,(H,34,40). The van der Waals surface area contributed by atoms with E-state index in [0.29, 0.717) is 24.0 Å². The smallest absolute Gasteiger partial charge is 0.252 e. The molecule has 0 aliphatic carbocycles. The van der Waals surface area contributed by atoms with Crippen LogP contribution in [0, 0.1) is 12.7 Å². The summed E-state index contributed by atoms with van der Waals surface area (Å²) in [7, 11) is 0. The van der Waals surface area contributed by atoms with Crippen molar-refractivity contribution in [2.75, 3.05) is 37.6 Å². The lowest BCUT2D eigenvalue weighted by Gasteiger charge is -2.36. The molecule has 0 unspecified atom stereocenters. The molecule has 2 N–H and O–H groups in total. The topological polar surface area (TPSA) is 69.2 Å². The molecule has 1 amide bonds.